The Labute approximate surface area is 105 Å². The van der Waals surface area contributed by atoms with Crippen LogP contribution >= 0.6 is 0 Å². The summed E-state index contributed by atoms with van der Waals surface area (Å²) in [6.07, 6.45) is 2.17. The molecule has 1 aliphatic rings. The van der Waals surface area contributed by atoms with Gasteiger partial charge in [0.1, 0.15) is 5.82 Å². The van der Waals surface area contributed by atoms with E-state index in [1.54, 1.807) is 6.07 Å². The number of carbonyl (C=O) groups is 1. The third-order valence-corrected chi connectivity index (χ3v) is 3.10. The number of halogens is 1. The standard InChI is InChI=1S/C13H17FN2O2/c14-11-4-1-3-10(9-11)13(5-6-13)16-12(18)15-7-2-8-17/h1,3-4,9,17H,2,5-8H2,(H2,15,16,18). The molecule has 1 saturated carbocycles. The molecule has 0 saturated heterocycles. The van der Waals surface area contributed by atoms with Gasteiger partial charge < -0.3 is 15.7 Å². The Kier molecular flexibility index (Phi) is 3.81. The molecule has 18 heavy (non-hydrogen) atoms. The van der Waals surface area contributed by atoms with E-state index in [0.717, 1.165) is 18.4 Å². The van der Waals surface area contributed by atoms with Crippen LogP contribution in [0.25, 0.3) is 0 Å². The molecule has 0 bridgehead atoms. The van der Waals surface area contributed by atoms with Crippen LogP contribution in [0.4, 0.5) is 9.18 Å². The fraction of sp³-hybridized carbons (Fsp3) is 0.462. The van der Waals surface area contributed by atoms with Crippen LogP contribution < -0.4 is 10.6 Å². The highest BCUT2D eigenvalue weighted by atomic mass is 19.1. The second-order valence-corrected chi connectivity index (χ2v) is 4.55. The van der Waals surface area contributed by atoms with Crippen molar-refractivity contribution >= 4 is 6.03 Å². The summed E-state index contributed by atoms with van der Waals surface area (Å²) in [5.41, 5.74) is 0.394. The van der Waals surface area contributed by atoms with Crippen molar-refractivity contribution in [2.75, 3.05) is 13.2 Å². The van der Waals surface area contributed by atoms with E-state index in [0.29, 0.717) is 13.0 Å². The molecular formula is C13H17FN2O2. The molecule has 2 rings (SSSR count). The largest absolute Gasteiger partial charge is 0.396 e. The molecule has 0 aromatic heterocycles. The van der Waals surface area contributed by atoms with Gasteiger partial charge in [0, 0.05) is 13.2 Å². The summed E-state index contributed by atoms with van der Waals surface area (Å²) in [6, 6.07) is 6.05. The minimum atomic E-state index is -0.411. The maximum Gasteiger partial charge on any atom is 0.315 e. The lowest BCUT2D eigenvalue weighted by molar-refractivity contribution is 0.233. The van der Waals surface area contributed by atoms with Crippen LogP contribution in [0.2, 0.25) is 0 Å². The molecule has 1 aromatic carbocycles. The number of hydrogen-bond donors (Lipinski definition) is 3. The van der Waals surface area contributed by atoms with Crippen LogP contribution in [0, 0.1) is 5.82 Å². The van der Waals surface area contributed by atoms with Gasteiger partial charge in [-0.15, -0.1) is 0 Å². The molecule has 5 heteroatoms. The molecule has 1 aromatic rings. The maximum atomic E-state index is 13.2. The fourth-order valence-corrected chi connectivity index (χ4v) is 1.94. The topological polar surface area (TPSA) is 61.4 Å². The summed E-state index contributed by atoms with van der Waals surface area (Å²) in [6.45, 7) is 0.483. The zero-order valence-corrected chi connectivity index (χ0v) is 10.1. The van der Waals surface area contributed by atoms with E-state index in [1.165, 1.54) is 12.1 Å². The summed E-state index contributed by atoms with van der Waals surface area (Å²) in [5.74, 6) is -0.290. The van der Waals surface area contributed by atoms with Gasteiger partial charge in [-0.2, -0.15) is 0 Å². The number of carbonyl (C=O) groups excluding carboxylic acids is 1. The normalized spacial score (nSPS) is 16.1. The van der Waals surface area contributed by atoms with Crippen molar-refractivity contribution in [1.82, 2.24) is 10.6 Å². The highest BCUT2D eigenvalue weighted by Crippen LogP contribution is 2.45. The summed E-state index contributed by atoms with van der Waals surface area (Å²) < 4.78 is 13.2. The van der Waals surface area contributed by atoms with Crippen molar-refractivity contribution in [3.63, 3.8) is 0 Å². The number of aliphatic hydroxyl groups excluding tert-OH is 1. The molecular weight excluding hydrogens is 235 g/mol. The number of aliphatic hydroxyl groups is 1. The van der Waals surface area contributed by atoms with Crippen LogP contribution in [0.1, 0.15) is 24.8 Å². The number of urea groups is 1. The average Bonchev–Trinajstić information content (AvgIpc) is 3.10. The molecule has 98 valence electrons. The van der Waals surface area contributed by atoms with Gasteiger partial charge in [-0.3, -0.25) is 0 Å². The second kappa shape index (κ2) is 5.35. The molecule has 1 fully saturated rings. The molecule has 0 unspecified atom stereocenters. The zero-order valence-electron chi connectivity index (χ0n) is 10.1. The molecule has 0 spiro atoms. The first-order valence-electron chi connectivity index (χ1n) is 6.09. The van der Waals surface area contributed by atoms with Crippen molar-refractivity contribution in [2.45, 2.75) is 24.8 Å². The third kappa shape index (κ3) is 2.98. The van der Waals surface area contributed by atoms with Gasteiger partial charge in [-0.25, -0.2) is 9.18 Å². The molecule has 0 atom stereocenters. The van der Waals surface area contributed by atoms with Crippen molar-refractivity contribution in [3.05, 3.63) is 35.6 Å². The van der Waals surface area contributed by atoms with E-state index in [9.17, 15) is 9.18 Å². The van der Waals surface area contributed by atoms with Gasteiger partial charge in [0.05, 0.1) is 5.54 Å². The van der Waals surface area contributed by atoms with Crippen molar-refractivity contribution in [1.29, 1.82) is 0 Å². The summed E-state index contributed by atoms with van der Waals surface area (Å²) in [4.78, 5) is 11.6. The Hall–Kier alpha value is -1.62. The van der Waals surface area contributed by atoms with Gasteiger partial charge in [-0.1, -0.05) is 12.1 Å². The second-order valence-electron chi connectivity index (χ2n) is 4.55. The lowest BCUT2D eigenvalue weighted by Crippen LogP contribution is -2.42. The van der Waals surface area contributed by atoms with E-state index in [2.05, 4.69) is 10.6 Å². The smallest absolute Gasteiger partial charge is 0.315 e. The molecule has 0 heterocycles. The van der Waals surface area contributed by atoms with Crippen LogP contribution in [0.5, 0.6) is 0 Å². The van der Waals surface area contributed by atoms with E-state index < -0.39 is 5.54 Å². The average molecular weight is 252 g/mol. The monoisotopic (exact) mass is 252 g/mol. The quantitative estimate of drug-likeness (QED) is 0.695. The summed E-state index contributed by atoms with van der Waals surface area (Å²) >= 11 is 0. The number of benzene rings is 1. The van der Waals surface area contributed by atoms with E-state index >= 15 is 0 Å². The van der Waals surface area contributed by atoms with Crippen LogP contribution in [0.3, 0.4) is 0 Å². The predicted octanol–water partition coefficient (Wildman–Crippen LogP) is 1.50. The van der Waals surface area contributed by atoms with E-state index in [1.807, 2.05) is 6.07 Å². The van der Waals surface area contributed by atoms with Crippen molar-refractivity contribution in [3.8, 4) is 0 Å². The maximum absolute atomic E-state index is 13.2. The summed E-state index contributed by atoms with van der Waals surface area (Å²) in [7, 11) is 0. The van der Waals surface area contributed by atoms with Gasteiger partial charge in [0.15, 0.2) is 0 Å². The molecule has 1 aliphatic carbocycles. The fourth-order valence-electron chi connectivity index (χ4n) is 1.94. The highest BCUT2D eigenvalue weighted by Gasteiger charge is 2.45. The van der Waals surface area contributed by atoms with E-state index in [4.69, 9.17) is 5.11 Å². The minimum absolute atomic E-state index is 0.0509. The summed E-state index contributed by atoms with van der Waals surface area (Å²) in [5, 5.41) is 14.2. The van der Waals surface area contributed by atoms with Gasteiger partial charge >= 0.3 is 6.03 Å². The van der Waals surface area contributed by atoms with Crippen molar-refractivity contribution < 1.29 is 14.3 Å². The predicted molar refractivity (Wildman–Crippen MR) is 65.5 cm³/mol. The molecule has 0 aliphatic heterocycles. The zero-order chi connectivity index (χ0) is 13.0. The minimum Gasteiger partial charge on any atom is -0.396 e. The number of nitrogens with one attached hydrogen (secondary N) is 2. The first-order chi connectivity index (χ1) is 8.66. The highest BCUT2D eigenvalue weighted by molar-refractivity contribution is 5.75. The molecule has 0 radical (unpaired) electrons. The van der Waals surface area contributed by atoms with Crippen molar-refractivity contribution in [2.24, 2.45) is 0 Å². The van der Waals surface area contributed by atoms with Gasteiger partial charge in [0.2, 0.25) is 0 Å². The van der Waals surface area contributed by atoms with Crippen LogP contribution in [0.15, 0.2) is 24.3 Å². The van der Waals surface area contributed by atoms with Gasteiger partial charge in [0.25, 0.3) is 0 Å². The first kappa shape index (κ1) is 12.8. The number of rotatable bonds is 5. The Morgan fingerprint density at radius 3 is 2.83 bits per heavy atom. The van der Waals surface area contributed by atoms with E-state index in [-0.39, 0.29) is 18.5 Å². The Morgan fingerprint density at radius 2 is 2.22 bits per heavy atom. The number of hydrogen-bond acceptors (Lipinski definition) is 2. The first-order valence-corrected chi connectivity index (χ1v) is 6.09. The molecule has 4 nitrogen and oxygen atoms in total. The third-order valence-electron chi connectivity index (χ3n) is 3.10. The molecule has 2 amide bonds. The Balaban J connectivity index is 1.94. The lowest BCUT2D eigenvalue weighted by Gasteiger charge is -2.18. The Bertz CT molecular complexity index is 433. The lowest BCUT2D eigenvalue weighted by atomic mass is 10.1. The van der Waals surface area contributed by atoms with Gasteiger partial charge in [-0.05, 0) is 37.0 Å². The molecule has 3 N–H and O–H groups in total. The SMILES string of the molecule is O=C(NCCCO)NC1(c2cccc(F)c2)CC1. The Morgan fingerprint density at radius 1 is 1.44 bits per heavy atom. The number of amides is 2. The van der Waals surface area contributed by atoms with Crippen LogP contribution in [-0.2, 0) is 5.54 Å². The van der Waals surface area contributed by atoms with Crippen LogP contribution in [-0.4, -0.2) is 24.3 Å².